The zero-order chi connectivity index (χ0) is 14.2. The van der Waals surface area contributed by atoms with Crippen LogP contribution in [0.1, 0.15) is 40.5 Å². The second-order valence-electron chi connectivity index (χ2n) is 6.09. The standard InChI is InChI=1S/C14H31N3O/c1-12(2)11-17(9-10-18-5)8-6-7-14(3,4)13(15)16/h12H,6-11H2,1-5H3,(H3,15,16). The third-order valence-corrected chi connectivity index (χ3v) is 3.24. The van der Waals surface area contributed by atoms with Gasteiger partial charge in [-0.25, -0.2) is 0 Å². The minimum Gasteiger partial charge on any atom is -0.387 e. The Kier molecular flexibility index (Phi) is 8.20. The van der Waals surface area contributed by atoms with E-state index < -0.39 is 0 Å². The highest BCUT2D eigenvalue weighted by Crippen LogP contribution is 2.21. The maximum Gasteiger partial charge on any atom is 0.0963 e. The van der Waals surface area contributed by atoms with Gasteiger partial charge >= 0.3 is 0 Å². The number of nitrogens with one attached hydrogen (secondary N) is 1. The molecule has 0 saturated heterocycles. The van der Waals surface area contributed by atoms with E-state index in [9.17, 15) is 0 Å². The second-order valence-corrected chi connectivity index (χ2v) is 6.09. The minimum absolute atomic E-state index is 0.176. The summed E-state index contributed by atoms with van der Waals surface area (Å²) in [5.41, 5.74) is 5.42. The molecule has 0 fully saturated rings. The lowest BCUT2D eigenvalue weighted by Crippen LogP contribution is -2.34. The summed E-state index contributed by atoms with van der Waals surface area (Å²) in [6, 6.07) is 0. The second kappa shape index (κ2) is 8.48. The normalized spacial score (nSPS) is 12.4. The molecule has 0 aromatic heterocycles. The molecule has 0 aromatic carbocycles. The van der Waals surface area contributed by atoms with Gasteiger partial charge in [0.1, 0.15) is 0 Å². The fourth-order valence-corrected chi connectivity index (χ4v) is 1.91. The van der Waals surface area contributed by atoms with Crippen molar-refractivity contribution in [1.82, 2.24) is 4.90 Å². The average molecular weight is 257 g/mol. The molecule has 0 aliphatic heterocycles. The highest BCUT2D eigenvalue weighted by atomic mass is 16.5. The highest BCUT2D eigenvalue weighted by Gasteiger charge is 2.21. The summed E-state index contributed by atoms with van der Waals surface area (Å²) >= 11 is 0. The number of nitrogens with two attached hydrogens (primary N) is 1. The number of nitrogens with zero attached hydrogens (tertiary/aromatic N) is 1. The van der Waals surface area contributed by atoms with Crippen molar-refractivity contribution >= 4 is 5.84 Å². The van der Waals surface area contributed by atoms with E-state index in [0.29, 0.717) is 5.92 Å². The zero-order valence-corrected chi connectivity index (χ0v) is 12.8. The van der Waals surface area contributed by atoms with Crippen molar-refractivity contribution in [2.75, 3.05) is 33.4 Å². The molecule has 0 aliphatic rings. The molecule has 0 amide bonds. The number of hydrogen-bond acceptors (Lipinski definition) is 3. The third-order valence-electron chi connectivity index (χ3n) is 3.24. The summed E-state index contributed by atoms with van der Waals surface area (Å²) in [4.78, 5) is 2.43. The summed E-state index contributed by atoms with van der Waals surface area (Å²) in [5.74, 6) is 0.956. The van der Waals surface area contributed by atoms with Gasteiger partial charge in [-0.1, -0.05) is 27.7 Å². The van der Waals surface area contributed by atoms with Crippen LogP contribution in [0.3, 0.4) is 0 Å². The molecule has 0 bridgehead atoms. The molecular weight excluding hydrogens is 226 g/mol. The Hall–Kier alpha value is -0.610. The number of rotatable bonds is 10. The Morgan fingerprint density at radius 2 is 1.94 bits per heavy atom. The van der Waals surface area contributed by atoms with E-state index in [1.54, 1.807) is 7.11 Å². The van der Waals surface area contributed by atoms with Gasteiger partial charge < -0.3 is 15.4 Å². The van der Waals surface area contributed by atoms with Crippen LogP contribution >= 0.6 is 0 Å². The van der Waals surface area contributed by atoms with Crippen LogP contribution in [0.2, 0.25) is 0 Å². The number of hydrogen-bond donors (Lipinski definition) is 2. The van der Waals surface area contributed by atoms with E-state index in [0.717, 1.165) is 39.1 Å². The van der Waals surface area contributed by atoms with Crippen molar-refractivity contribution in [2.45, 2.75) is 40.5 Å². The van der Waals surface area contributed by atoms with E-state index in [1.807, 2.05) is 13.8 Å². The summed E-state index contributed by atoms with van der Waals surface area (Å²) in [7, 11) is 1.74. The van der Waals surface area contributed by atoms with Crippen LogP contribution in [0.5, 0.6) is 0 Å². The number of methoxy groups -OCH3 is 1. The van der Waals surface area contributed by atoms with E-state index >= 15 is 0 Å². The first-order valence-electron chi connectivity index (χ1n) is 6.85. The van der Waals surface area contributed by atoms with Crippen LogP contribution in [-0.2, 0) is 4.74 Å². The van der Waals surface area contributed by atoms with Crippen molar-refractivity contribution in [3.05, 3.63) is 0 Å². The van der Waals surface area contributed by atoms with E-state index in [2.05, 4.69) is 18.7 Å². The molecule has 0 spiro atoms. The largest absolute Gasteiger partial charge is 0.387 e. The van der Waals surface area contributed by atoms with Gasteiger partial charge in [-0.2, -0.15) is 0 Å². The summed E-state index contributed by atoms with van der Waals surface area (Å²) in [5, 5.41) is 7.55. The third kappa shape index (κ3) is 7.67. The molecule has 0 radical (unpaired) electrons. The first-order chi connectivity index (χ1) is 8.29. The highest BCUT2D eigenvalue weighted by molar-refractivity contribution is 5.82. The van der Waals surface area contributed by atoms with Crippen LogP contribution in [0.25, 0.3) is 0 Å². The topological polar surface area (TPSA) is 62.3 Å². The Balaban J connectivity index is 4.05. The van der Waals surface area contributed by atoms with Gasteiger partial charge in [0.2, 0.25) is 0 Å². The van der Waals surface area contributed by atoms with E-state index in [4.69, 9.17) is 15.9 Å². The molecule has 18 heavy (non-hydrogen) atoms. The van der Waals surface area contributed by atoms with Crippen LogP contribution in [0.4, 0.5) is 0 Å². The van der Waals surface area contributed by atoms with Crippen molar-refractivity contribution in [2.24, 2.45) is 17.1 Å². The molecule has 0 unspecified atom stereocenters. The quantitative estimate of drug-likeness (QED) is 0.466. The predicted molar refractivity (Wildman–Crippen MR) is 78.1 cm³/mol. The molecule has 4 nitrogen and oxygen atoms in total. The lowest BCUT2D eigenvalue weighted by atomic mass is 9.86. The summed E-state index contributed by atoms with van der Waals surface area (Å²) < 4.78 is 5.14. The molecule has 0 aromatic rings. The molecule has 0 atom stereocenters. The van der Waals surface area contributed by atoms with Crippen LogP contribution in [0.15, 0.2) is 0 Å². The van der Waals surface area contributed by atoms with Gasteiger partial charge in [-0.15, -0.1) is 0 Å². The summed E-state index contributed by atoms with van der Waals surface area (Å²) in [6.45, 7) is 12.5. The van der Waals surface area contributed by atoms with Crippen LogP contribution < -0.4 is 5.73 Å². The van der Waals surface area contributed by atoms with Crippen LogP contribution in [-0.4, -0.2) is 44.1 Å². The molecule has 0 saturated carbocycles. The van der Waals surface area contributed by atoms with Gasteiger partial charge in [0.05, 0.1) is 12.4 Å². The van der Waals surface area contributed by atoms with E-state index in [1.165, 1.54) is 0 Å². The molecule has 108 valence electrons. The molecule has 0 aliphatic carbocycles. The zero-order valence-electron chi connectivity index (χ0n) is 12.8. The molecule has 3 N–H and O–H groups in total. The smallest absolute Gasteiger partial charge is 0.0963 e. The van der Waals surface area contributed by atoms with Crippen molar-refractivity contribution in [3.63, 3.8) is 0 Å². The first kappa shape index (κ1) is 17.4. The van der Waals surface area contributed by atoms with Gasteiger partial charge in [-0.05, 0) is 25.3 Å². The van der Waals surface area contributed by atoms with Crippen molar-refractivity contribution in [1.29, 1.82) is 5.41 Å². The number of ether oxygens (including phenoxy) is 1. The Bertz CT molecular complexity index is 239. The Morgan fingerprint density at radius 3 is 2.39 bits per heavy atom. The maximum atomic E-state index is 7.55. The predicted octanol–water partition coefficient (Wildman–Crippen LogP) is 2.33. The lowest BCUT2D eigenvalue weighted by Gasteiger charge is -2.27. The van der Waals surface area contributed by atoms with Crippen molar-refractivity contribution in [3.8, 4) is 0 Å². The minimum atomic E-state index is -0.176. The fraction of sp³-hybridized carbons (Fsp3) is 0.929. The molecular formula is C14H31N3O. The Morgan fingerprint density at radius 1 is 1.33 bits per heavy atom. The Labute approximate surface area is 112 Å². The van der Waals surface area contributed by atoms with Gasteiger partial charge in [-0.3, -0.25) is 5.41 Å². The number of amidine groups is 1. The average Bonchev–Trinajstić information content (AvgIpc) is 2.24. The SMILES string of the molecule is COCCN(CCCC(C)(C)C(=N)N)CC(C)C. The van der Waals surface area contributed by atoms with Gasteiger partial charge in [0, 0.05) is 25.6 Å². The maximum absolute atomic E-state index is 7.55. The summed E-state index contributed by atoms with van der Waals surface area (Å²) in [6.07, 6.45) is 2.03. The van der Waals surface area contributed by atoms with Gasteiger partial charge in [0.15, 0.2) is 0 Å². The van der Waals surface area contributed by atoms with Crippen molar-refractivity contribution < 1.29 is 4.74 Å². The lowest BCUT2D eigenvalue weighted by molar-refractivity contribution is 0.137. The fourth-order valence-electron chi connectivity index (χ4n) is 1.91. The molecule has 0 rings (SSSR count). The van der Waals surface area contributed by atoms with E-state index in [-0.39, 0.29) is 11.3 Å². The first-order valence-corrected chi connectivity index (χ1v) is 6.85. The molecule has 4 heteroatoms. The monoisotopic (exact) mass is 257 g/mol. The van der Waals surface area contributed by atoms with Crippen LogP contribution in [0, 0.1) is 16.7 Å². The van der Waals surface area contributed by atoms with Gasteiger partial charge in [0.25, 0.3) is 0 Å². The molecule has 0 heterocycles.